The Labute approximate surface area is 112 Å². The van der Waals surface area contributed by atoms with Crippen molar-refractivity contribution in [3.05, 3.63) is 35.9 Å². The third-order valence-corrected chi connectivity index (χ3v) is 2.70. The van der Waals surface area contributed by atoms with Crippen molar-refractivity contribution >= 4 is 5.91 Å². The molecule has 2 rings (SSSR count). The highest BCUT2D eigenvalue weighted by molar-refractivity contribution is 5.94. The van der Waals surface area contributed by atoms with Crippen LogP contribution in [-0.2, 0) is 0 Å². The molecule has 1 fully saturated rings. The van der Waals surface area contributed by atoms with Crippen LogP contribution in [0.15, 0.2) is 30.3 Å². The maximum atomic E-state index is 11.8. The second-order valence-electron chi connectivity index (χ2n) is 4.00. The maximum absolute atomic E-state index is 11.8. The molecule has 1 aromatic rings. The fraction of sp³-hybridized carbons (Fsp3) is 0.308. The summed E-state index contributed by atoms with van der Waals surface area (Å²) in [4.78, 5) is 13.4. The zero-order chi connectivity index (χ0) is 14.1. The summed E-state index contributed by atoms with van der Waals surface area (Å²) in [6.07, 6.45) is 4.18. The van der Waals surface area contributed by atoms with Crippen molar-refractivity contribution in [1.29, 1.82) is 10.5 Å². The van der Waals surface area contributed by atoms with E-state index < -0.39 is 0 Å². The molecule has 1 amide bonds. The van der Waals surface area contributed by atoms with Crippen LogP contribution in [-0.4, -0.2) is 29.9 Å². The number of hydrogen-bond acceptors (Lipinski definition) is 5. The third kappa shape index (κ3) is 4.57. The van der Waals surface area contributed by atoms with Crippen LogP contribution in [0.25, 0.3) is 0 Å². The first-order chi connectivity index (χ1) is 9.21. The van der Waals surface area contributed by atoms with Gasteiger partial charge < -0.3 is 16.0 Å². The van der Waals surface area contributed by atoms with E-state index in [2.05, 4.69) is 17.2 Å². The fourth-order valence-corrected chi connectivity index (χ4v) is 1.83. The molecule has 98 valence electrons. The maximum Gasteiger partial charge on any atom is 0.251 e. The molecule has 1 aliphatic heterocycles. The van der Waals surface area contributed by atoms with E-state index in [4.69, 9.17) is 10.5 Å². The first kappa shape index (κ1) is 14.3. The van der Waals surface area contributed by atoms with Crippen LogP contribution < -0.4 is 11.1 Å². The minimum atomic E-state index is -0.0645. The third-order valence-electron chi connectivity index (χ3n) is 2.70. The van der Waals surface area contributed by atoms with Gasteiger partial charge in [0.15, 0.2) is 12.4 Å². The molecule has 6 nitrogen and oxygen atoms in total. The number of carbonyl (C=O) groups is 1. The zero-order valence-electron chi connectivity index (χ0n) is 10.4. The summed E-state index contributed by atoms with van der Waals surface area (Å²) in [5, 5.41) is 18.7. The van der Waals surface area contributed by atoms with Crippen molar-refractivity contribution in [2.24, 2.45) is 5.73 Å². The van der Waals surface area contributed by atoms with Gasteiger partial charge in [-0.1, -0.05) is 18.2 Å². The summed E-state index contributed by atoms with van der Waals surface area (Å²) in [5.41, 5.74) is 4.82. The number of likely N-dealkylation sites (tertiary alicyclic amines) is 1. The van der Waals surface area contributed by atoms with Crippen LogP contribution in [0.5, 0.6) is 0 Å². The molecule has 6 heteroatoms. The molecule has 1 atom stereocenters. The van der Waals surface area contributed by atoms with Gasteiger partial charge in [-0.25, -0.2) is 0 Å². The molecule has 0 saturated carbocycles. The predicted octanol–water partition coefficient (Wildman–Crippen LogP) is 0.398. The van der Waals surface area contributed by atoms with Gasteiger partial charge in [0.25, 0.3) is 5.91 Å². The Morgan fingerprint density at radius 2 is 2.00 bits per heavy atom. The summed E-state index contributed by atoms with van der Waals surface area (Å²) >= 11 is 0. The van der Waals surface area contributed by atoms with Crippen molar-refractivity contribution in [1.82, 2.24) is 10.2 Å². The van der Waals surface area contributed by atoms with Gasteiger partial charge >= 0.3 is 0 Å². The smallest absolute Gasteiger partial charge is 0.251 e. The molecule has 0 bridgehead atoms. The first-order valence-corrected chi connectivity index (χ1v) is 5.81. The summed E-state index contributed by atoms with van der Waals surface area (Å²) in [7, 11) is 0. The summed E-state index contributed by atoms with van der Waals surface area (Å²) < 4.78 is 0. The number of carbonyl (C=O) groups excluding carboxylic acids is 1. The summed E-state index contributed by atoms with van der Waals surface area (Å²) in [6, 6.07) is 9.21. The molecule has 1 aliphatic rings. The quantitative estimate of drug-likeness (QED) is 0.589. The minimum Gasteiger partial charge on any atom is -0.347 e. The van der Waals surface area contributed by atoms with Crippen molar-refractivity contribution in [2.45, 2.75) is 12.5 Å². The number of amides is 1. The van der Waals surface area contributed by atoms with E-state index in [-0.39, 0.29) is 11.9 Å². The standard InChI is InChI=1S/C12H13N3O.CH2N2/c13-9-15-7-6-11(8-15)14-12(16)10-4-2-1-3-5-10;2-1-3/h1-5,11H,6-8H2,(H,14,16);2H2. The highest BCUT2D eigenvalue weighted by atomic mass is 16.1. The fourth-order valence-electron chi connectivity index (χ4n) is 1.83. The Hall–Kier alpha value is -2.73. The van der Waals surface area contributed by atoms with E-state index >= 15 is 0 Å². The molecule has 0 aromatic heterocycles. The Balaban J connectivity index is 0.000000550. The van der Waals surface area contributed by atoms with Gasteiger partial charge in [0.1, 0.15) is 0 Å². The number of hydrogen-bond donors (Lipinski definition) is 2. The largest absolute Gasteiger partial charge is 0.347 e. The zero-order valence-corrected chi connectivity index (χ0v) is 10.4. The molecule has 1 saturated heterocycles. The van der Waals surface area contributed by atoms with Crippen LogP contribution in [0.1, 0.15) is 16.8 Å². The average molecular weight is 257 g/mol. The first-order valence-electron chi connectivity index (χ1n) is 5.81. The number of nitrogens with one attached hydrogen (secondary N) is 1. The highest BCUT2D eigenvalue weighted by Gasteiger charge is 2.23. The second-order valence-corrected chi connectivity index (χ2v) is 4.00. The van der Waals surface area contributed by atoms with Gasteiger partial charge in [0, 0.05) is 24.7 Å². The lowest BCUT2D eigenvalue weighted by Gasteiger charge is -2.12. The number of rotatable bonds is 2. The van der Waals surface area contributed by atoms with E-state index in [0.717, 1.165) is 13.0 Å². The molecule has 19 heavy (non-hydrogen) atoms. The van der Waals surface area contributed by atoms with E-state index in [1.54, 1.807) is 17.0 Å². The Bertz CT molecular complexity index is 488. The molecule has 1 heterocycles. The normalized spacial score (nSPS) is 16.5. The van der Waals surface area contributed by atoms with Crippen molar-refractivity contribution in [3.8, 4) is 12.4 Å². The Kier molecular flexibility index (Phi) is 5.71. The second kappa shape index (κ2) is 7.57. The Morgan fingerprint density at radius 1 is 1.37 bits per heavy atom. The lowest BCUT2D eigenvalue weighted by Crippen LogP contribution is -2.36. The van der Waals surface area contributed by atoms with E-state index in [9.17, 15) is 4.79 Å². The molecule has 0 aliphatic carbocycles. The van der Waals surface area contributed by atoms with E-state index in [1.807, 2.05) is 18.2 Å². The van der Waals surface area contributed by atoms with Crippen LogP contribution in [0.4, 0.5) is 0 Å². The van der Waals surface area contributed by atoms with E-state index in [0.29, 0.717) is 12.1 Å². The Morgan fingerprint density at radius 3 is 2.53 bits per heavy atom. The van der Waals surface area contributed by atoms with Gasteiger partial charge in [0.2, 0.25) is 0 Å². The number of nitrogens with two attached hydrogens (primary N) is 1. The van der Waals surface area contributed by atoms with Crippen molar-refractivity contribution < 1.29 is 4.79 Å². The number of benzene rings is 1. The summed E-state index contributed by atoms with van der Waals surface area (Å²) in [6.45, 7) is 1.35. The molecule has 1 aromatic carbocycles. The molecule has 0 spiro atoms. The predicted molar refractivity (Wildman–Crippen MR) is 69.3 cm³/mol. The van der Waals surface area contributed by atoms with Crippen LogP contribution in [0, 0.1) is 22.9 Å². The van der Waals surface area contributed by atoms with Gasteiger partial charge in [0.05, 0.1) is 0 Å². The minimum absolute atomic E-state index is 0.0645. The van der Waals surface area contributed by atoms with Gasteiger partial charge in [-0.3, -0.25) is 4.79 Å². The van der Waals surface area contributed by atoms with Gasteiger partial charge in [-0.15, -0.1) is 0 Å². The topological polar surface area (TPSA) is 106 Å². The lowest BCUT2D eigenvalue weighted by molar-refractivity contribution is 0.0939. The number of nitriles is 2. The van der Waals surface area contributed by atoms with Gasteiger partial charge in [-0.2, -0.15) is 10.5 Å². The summed E-state index contributed by atoms with van der Waals surface area (Å²) in [5.74, 6) is -0.0645. The molecule has 0 radical (unpaired) electrons. The highest BCUT2D eigenvalue weighted by Crippen LogP contribution is 2.08. The van der Waals surface area contributed by atoms with Crippen molar-refractivity contribution in [3.63, 3.8) is 0 Å². The van der Waals surface area contributed by atoms with Gasteiger partial charge in [-0.05, 0) is 18.6 Å². The molecule has 1 unspecified atom stereocenters. The molecular weight excluding hydrogens is 242 g/mol. The van der Waals surface area contributed by atoms with Crippen molar-refractivity contribution in [2.75, 3.05) is 13.1 Å². The van der Waals surface area contributed by atoms with Crippen LogP contribution in [0.2, 0.25) is 0 Å². The number of nitrogens with zero attached hydrogens (tertiary/aromatic N) is 3. The SMILES string of the molecule is N#CN.N#CN1CCC(NC(=O)c2ccccc2)C1. The molecule has 3 N–H and O–H groups in total. The van der Waals surface area contributed by atoms with Crippen LogP contribution >= 0.6 is 0 Å². The van der Waals surface area contributed by atoms with Crippen LogP contribution in [0.3, 0.4) is 0 Å². The molecular formula is C13H15N5O. The lowest BCUT2D eigenvalue weighted by atomic mass is 10.2. The monoisotopic (exact) mass is 257 g/mol. The average Bonchev–Trinajstić information content (AvgIpc) is 2.88. The van der Waals surface area contributed by atoms with E-state index in [1.165, 1.54) is 6.19 Å².